The van der Waals surface area contributed by atoms with Gasteiger partial charge in [-0.3, -0.25) is 5.10 Å². The molecule has 0 atom stereocenters. The maximum Gasteiger partial charge on any atom is 0.222 e. The number of nitrogens with one attached hydrogen (secondary N) is 1. The van der Waals surface area contributed by atoms with Crippen molar-refractivity contribution in [2.45, 2.75) is 0 Å². The number of hydrogen-bond acceptors (Lipinski definition) is 6. The topological polar surface area (TPSA) is 70.2 Å². The maximum absolute atomic E-state index is 6.33. The molecule has 25 heavy (non-hydrogen) atoms. The van der Waals surface area contributed by atoms with Crippen LogP contribution in [0.3, 0.4) is 0 Å². The summed E-state index contributed by atoms with van der Waals surface area (Å²) in [6.45, 7) is 3.80. The van der Waals surface area contributed by atoms with Gasteiger partial charge in [-0.1, -0.05) is 11.6 Å². The Balaban J connectivity index is 1.84. The van der Waals surface area contributed by atoms with Gasteiger partial charge in [-0.2, -0.15) is 5.10 Å². The highest BCUT2D eigenvalue weighted by Crippen LogP contribution is 2.36. The zero-order valence-corrected chi connectivity index (χ0v) is 14.9. The third-order valence-electron chi connectivity index (χ3n) is 4.53. The average Bonchev–Trinajstić information content (AvgIpc) is 3.05. The van der Waals surface area contributed by atoms with Crippen LogP contribution in [0.4, 0.5) is 5.82 Å². The Morgan fingerprint density at radius 3 is 2.80 bits per heavy atom. The molecule has 1 N–H and O–H groups in total. The van der Waals surface area contributed by atoms with Crippen molar-refractivity contribution in [2.24, 2.45) is 0 Å². The van der Waals surface area contributed by atoms with Crippen LogP contribution in [0.1, 0.15) is 0 Å². The summed E-state index contributed by atoms with van der Waals surface area (Å²) in [6.07, 6.45) is 1.70. The summed E-state index contributed by atoms with van der Waals surface area (Å²) in [5.41, 5.74) is 2.47. The van der Waals surface area contributed by atoms with Crippen LogP contribution in [-0.4, -0.2) is 65.4 Å². The van der Waals surface area contributed by atoms with E-state index < -0.39 is 0 Å². The Morgan fingerprint density at radius 2 is 2.04 bits per heavy atom. The van der Waals surface area contributed by atoms with Gasteiger partial charge in [-0.25, -0.2) is 9.97 Å². The molecule has 0 unspecified atom stereocenters. The van der Waals surface area contributed by atoms with E-state index in [2.05, 4.69) is 37.0 Å². The van der Waals surface area contributed by atoms with Crippen LogP contribution in [0.25, 0.3) is 22.2 Å². The Kier molecular flexibility index (Phi) is 4.19. The van der Waals surface area contributed by atoms with Gasteiger partial charge < -0.3 is 14.5 Å². The highest BCUT2D eigenvalue weighted by molar-refractivity contribution is 6.30. The van der Waals surface area contributed by atoms with E-state index in [1.807, 2.05) is 18.2 Å². The van der Waals surface area contributed by atoms with Crippen LogP contribution >= 0.6 is 11.6 Å². The van der Waals surface area contributed by atoms with Gasteiger partial charge in [0.1, 0.15) is 16.4 Å². The Hall–Kier alpha value is -2.38. The molecule has 0 saturated carbocycles. The Bertz CT molecular complexity index is 903. The lowest BCUT2D eigenvalue weighted by atomic mass is 10.1. The van der Waals surface area contributed by atoms with Crippen LogP contribution in [-0.2, 0) is 0 Å². The van der Waals surface area contributed by atoms with Crippen LogP contribution < -0.4 is 9.64 Å². The lowest BCUT2D eigenvalue weighted by molar-refractivity contribution is 0.312. The fraction of sp³-hybridized carbons (Fsp3) is 0.353. The van der Waals surface area contributed by atoms with Crippen molar-refractivity contribution in [3.63, 3.8) is 0 Å². The number of piperazine rings is 1. The van der Waals surface area contributed by atoms with E-state index in [1.165, 1.54) is 0 Å². The molecular weight excluding hydrogens is 340 g/mol. The molecule has 3 aromatic rings. The number of methoxy groups -OCH3 is 1. The van der Waals surface area contributed by atoms with Gasteiger partial charge in [0, 0.05) is 37.8 Å². The van der Waals surface area contributed by atoms with Crippen molar-refractivity contribution >= 4 is 28.3 Å². The fourth-order valence-corrected chi connectivity index (χ4v) is 3.35. The molecule has 8 heteroatoms. The highest BCUT2D eigenvalue weighted by atomic mass is 35.5. The molecule has 0 bridgehead atoms. The minimum Gasteiger partial charge on any atom is -0.481 e. The molecule has 1 aliphatic heterocycles. The zero-order valence-electron chi connectivity index (χ0n) is 14.2. The predicted molar refractivity (Wildman–Crippen MR) is 98.4 cm³/mol. The molecule has 0 aromatic carbocycles. The number of pyridine rings is 2. The predicted octanol–water partition coefficient (Wildman–Crippen LogP) is 2.43. The first kappa shape index (κ1) is 16.1. The van der Waals surface area contributed by atoms with Gasteiger partial charge >= 0.3 is 0 Å². The summed E-state index contributed by atoms with van der Waals surface area (Å²) in [7, 11) is 3.73. The van der Waals surface area contributed by atoms with Gasteiger partial charge in [0.2, 0.25) is 5.88 Å². The van der Waals surface area contributed by atoms with Crippen molar-refractivity contribution < 1.29 is 4.74 Å². The van der Waals surface area contributed by atoms with E-state index in [9.17, 15) is 0 Å². The number of anilines is 1. The molecule has 7 nitrogen and oxygen atoms in total. The molecule has 4 heterocycles. The summed E-state index contributed by atoms with van der Waals surface area (Å²) < 4.78 is 5.38. The second-order valence-corrected chi connectivity index (χ2v) is 6.50. The SMILES string of the molecule is COc1ncccc1-c1n[nH]c2c(N3CCN(C)CC3)nc(Cl)cc12. The van der Waals surface area contributed by atoms with E-state index in [0.717, 1.165) is 54.2 Å². The molecule has 1 aliphatic rings. The summed E-state index contributed by atoms with van der Waals surface area (Å²) in [4.78, 5) is 13.4. The smallest absolute Gasteiger partial charge is 0.222 e. The number of halogens is 1. The number of rotatable bonds is 3. The summed E-state index contributed by atoms with van der Waals surface area (Å²) in [5.74, 6) is 1.38. The standard InChI is InChI=1S/C17H19ClN6O/c1-23-6-8-24(9-7-23)16-15-12(10-13(18)20-16)14(21-22-15)11-4-3-5-19-17(11)25-2/h3-5,10H,6-9H2,1-2H3,(H,21,22). The molecular formula is C17H19ClN6O. The number of aromatic nitrogens is 4. The first-order chi connectivity index (χ1) is 12.2. The van der Waals surface area contributed by atoms with E-state index in [4.69, 9.17) is 16.3 Å². The Labute approximate surface area is 150 Å². The monoisotopic (exact) mass is 358 g/mol. The van der Waals surface area contributed by atoms with Crippen LogP contribution in [0.5, 0.6) is 5.88 Å². The zero-order chi connectivity index (χ0) is 17.4. The molecule has 130 valence electrons. The fourth-order valence-electron chi connectivity index (χ4n) is 3.16. The normalized spacial score (nSPS) is 15.7. The van der Waals surface area contributed by atoms with Crippen LogP contribution in [0, 0.1) is 0 Å². The number of hydrogen-bond donors (Lipinski definition) is 1. The van der Waals surface area contributed by atoms with E-state index >= 15 is 0 Å². The van der Waals surface area contributed by atoms with Crippen molar-refractivity contribution in [2.75, 3.05) is 45.2 Å². The average molecular weight is 359 g/mol. The minimum atomic E-state index is 0.451. The van der Waals surface area contributed by atoms with Gasteiger partial charge in [-0.15, -0.1) is 0 Å². The van der Waals surface area contributed by atoms with Gasteiger partial charge in [-0.05, 0) is 25.2 Å². The lowest BCUT2D eigenvalue weighted by Gasteiger charge is -2.33. The van der Waals surface area contributed by atoms with Crippen LogP contribution in [0.2, 0.25) is 5.15 Å². The number of likely N-dealkylation sites (N-methyl/N-ethyl adjacent to an activating group) is 1. The molecule has 1 saturated heterocycles. The maximum atomic E-state index is 6.33. The first-order valence-electron chi connectivity index (χ1n) is 8.15. The molecule has 0 radical (unpaired) electrons. The molecule has 0 amide bonds. The second-order valence-electron chi connectivity index (χ2n) is 6.11. The van der Waals surface area contributed by atoms with Gasteiger partial charge in [0.25, 0.3) is 0 Å². The Morgan fingerprint density at radius 1 is 1.24 bits per heavy atom. The largest absolute Gasteiger partial charge is 0.481 e. The molecule has 3 aromatic heterocycles. The summed E-state index contributed by atoms with van der Waals surface area (Å²) in [6, 6.07) is 5.63. The van der Waals surface area contributed by atoms with Crippen molar-refractivity contribution in [1.29, 1.82) is 0 Å². The molecule has 1 fully saturated rings. The summed E-state index contributed by atoms with van der Waals surface area (Å²) in [5, 5.41) is 9.01. The third-order valence-corrected chi connectivity index (χ3v) is 4.72. The van der Waals surface area contributed by atoms with Gasteiger partial charge in [0.15, 0.2) is 5.82 Å². The number of aromatic amines is 1. The first-order valence-corrected chi connectivity index (χ1v) is 8.52. The van der Waals surface area contributed by atoms with E-state index in [1.54, 1.807) is 13.3 Å². The summed E-state index contributed by atoms with van der Waals surface area (Å²) >= 11 is 6.33. The third kappa shape index (κ3) is 2.89. The van der Waals surface area contributed by atoms with Crippen LogP contribution in [0.15, 0.2) is 24.4 Å². The lowest BCUT2D eigenvalue weighted by Crippen LogP contribution is -2.44. The van der Waals surface area contributed by atoms with Gasteiger partial charge in [0.05, 0.1) is 12.7 Å². The number of H-pyrrole nitrogens is 1. The number of nitrogens with zero attached hydrogens (tertiary/aromatic N) is 5. The van der Waals surface area contributed by atoms with E-state index in [0.29, 0.717) is 11.0 Å². The quantitative estimate of drug-likeness (QED) is 0.725. The highest BCUT2D eigenvalue weighted by Gasteiger charge is 2.22. The molecule has 4 rings (SSSR count). The number of ether oxygens (including phenoxy) is 1. The number of fused-ring (bicyclic) bond motifs is 1. The van der Waals surface area contributed by atoms with E-state index in [-0.39, 0.29) is 0 Å². The van der Waals surface area contributed by atoms with Crippen molar-refractivity contribution in [3.05, 3.63) is 29.5 Å². The van der Waals surface area contributed by atoms with Crippen molar-refractivity contribution in [1.82, 2.24) is 25.1 Å². The molecule has 0 aliphatic carbocycles. The second kappa shape index (κ2) is 6.50. The minimum absolute atomic E-state index is 0.451. The van der Waals surface area contributed by atoms with Crippen molar-refractivity contribution in [3.8, 4) is 17.1 Å². The molecule has 0 spiro atoms.